The first-order valence-corrected chi connectivity index (χ1v) is 5.67. The molecule has 0 aromatic carbocycles. The standard InChI is InChI=1S/C6H12NO8P/c7-3-5(9)4(8)2(15-6(3)10)1-14-16(11,12)13/h2-5,8-9H,1,7H2,(H2,11,12,13)/p-2/t2-,3-,4-,5-/m1/s1. The lowest BCUT2D eigenvalue weighted by molar-refractivity contribution is -0.343. The molecule has 16 heavy (non-hydrogen) atoms. The van der Waals surface area contributed by atoms with Crippen molar-refractivity contribution in [2.45, 2.75) is 24.4 Å². The highest BCUT2D eigenvalue weighted by molar-refractivity contribution is 7.43. The minimum absolute atomic E-state index is 0.860. The lowest BCUT2D eigenvalue weighted by Crippen LogP contribution is -2.60. The van der Waals surface area contributed by atoms with Gasteiger partial charge in [0.1, 0.15) is 18.2 Å². The monoisotopic (exact) mass is 255 g/mol. The van der Waals surface area contributed by atoms with Crippen molar-refractivity contribution in [3.63, 3.8) is 0 Å². The van der Waals surface area contributed by atoms with Crippen LogP contribution in [0.4, 0.5) is 0 Å². The smallest absolute Gasteiger partial charge is 0.326 e. The molecule has 0 spiro atoms. The second kappa shape index (κ2) is 4.76. The number of hydrogen-bond acceptors (Lipinski definition) is 9. The summed E-state index contributed by atoms with van der Waals surface area (Å²) in [4.78, 5) is 31.3. The van der Waals surface area contributed by atoms with Gasteiger partial charge in [-0.05, 0) is 0 Å². The van der Waals surface area contributed by atoms with E-state index >= 15 is 0 Å². The molecule has 0 aromatic heterocycles. The zero-order chi connectivity index (χ0) is 12.5. The number of ether oxygens (including phenoxy) is 1. The van der Waals surface area contributed by atoms with E-state index in [0.717, 1.165) is 0 Å². The third-order valence-corrected chi connectivity index (χ3v) is 2.50. The van der Waals surface area contributed by atoms with Gasteiger partial charge in [0.05, 0.1) is 14.4 Å². The summed E-state index contributed by atoms with van der Waals surface area (Å²) in [5.41, 5.74) is 5.15. The van der Waals surface area contributed by atoms with Gasteiger partial charge in [-0.1, -0.05) is 0 Å². The molecule has 0 saturated carbocycles. The van der Waals surface area contributed by atoms with Crippen LogP contribution in [-0.2, 0) is 18.6 Å². The summed E-state index contributed by atoms with van der Waals surface area (Å²) in [6.07, 6.45) is -4.66. The quantitative estimate of drug-likeness (QED) is 0.334. The summed E-state index contributed by atoms with van der Waals surface area (Å²) in [6.45, 7) is -0.860. The normalized spacial score (nSPS) is 35.9. The van der Waals surface area contributed by atoms with Crippen LogP contribution in [0.2, 0.25) is 0 Å². The Balaban J connectivity index is 2.61. The summed E-state index contributed by atoms with van der Waals surface area (Å²) >= 11 is 0. The van der Waals surface area contributed by atoms with Gasteiger partial charge in [0, 0.05) is 0 Å². The van der Waals surface area contributed by atoms with E-state index in [9.17, 15) is 29.4 Å². The molecule has 1 aliphatic rings. The van der Waals surface area contributed by atoms with Gasteiger partial charge in [-0.3, -0.25) is 4.79 Å². The van der Waals surface area contributed by atoms with Crippen molar-refractivity contribution in [2.24, 2.45) is 5.73 Å². The van der Waals surface area contributed by atoms with Crippen LogP contribution in [0, 0.1) is 0 Å². The lowest BCUT2D eigenvalue weighted by Gasteiger charge is -2.37. The molecule has 94 valence electrons. The average molecular weight is 255 g/mol. The Hall–Kier alpha value is -0.540. The Bertz CT molecular complexity index is 316. The third kappa shape index (κ3) is 3.22. The minimum atomic E-state index is -5.23. The van der Waals surface area contributed by atoms with Gasteiger partial charge in [0.25, 0.3) is 0 Å². The van der Waals surface area contributed by atoms with E-state index in [1.54, 1.807) is 0 Å². The van der Waals surface area contributed by atoms with E-state index in [1.165, 1.54) is 0 Å². The van der Waals surface area contributed by atoms with Crippen LogP contribution in [-0.4, -0.2) is 47.1 Å². The Kier molecular flexibility index (Phi) is 4.02. The molecule has 0 radical (unpaired) electrons. The number of nitrogens with two attached hydrogens (primary N) is 1. The molecule has 4 atom stereocenters. The van der Waals surface area contributed by atoms with Crippen molar-refractivity contribution in [1.29, 1.82) is 0 Å². The summed E-state index contributed by atoms with van der Waals surface area (Å²) in [5.74, 6) is -1.02. The molecule has 1 rings (SSSR count). The highest BCUT2D eigenvalue weighted by Gasteiger charge is 2.42. The molecule has 0 unspecified atom stereocenters. The largest absolute Gasteiger partial charge is 0.790 e. The Morgan fingerprint density at radius 2 is 2.00 bits per heavy atom. The fourth-order valence-corrected chi connectivity index (χ4v) is 1.50. The third-order valence-electron chi connectivity index (χ3n) is 2.04. The minimum Gasteiger partial charge on any atom is -0.790 e. The number of phosphoric ester groups is 1. The highest BCUT2D eigenvalue weighted by atomic mass is 31.2. The molecule has 9 nitrogen and oxygen atoms in total. The maximum absolute atomic E-state index is 11.0. The molecule has 4 N–H and O–H groups in total. The Morgan fingerprint density at radius 3 is 2.50 bits per heavy atom. The zero-order valence-corrected chi connectivity index (χ0v) is 8.78. The second-order valence-electron chi connectivity index (χ2n) is 3.23. The number of aliphatic hydroxyl groups excluding tert-OH is 2. The topological polar surface area (TPSA) is 165 Å². The van der Waals surface area contributed by atoms with Crippen molar-refractivity contribution in [1.82, 2.24) is 0 Å². The van der Waals surface area contributed by atoms with Gasteiger partial charge in [-0.25, -0.2) is 0 Å². The lowest BCUT2D eigenvalue weighted by atomic mass is 9.99. The number of rotatable bonds is 3. The van der Waals surface area contributed by atoms with Crippen molar-refractivity contribution < 1.29 is 38.6 Å². The van der Waals surface area contributed by atoms with Crippen molar-refractivity contribution in [3.05, 3.63) is 0 Å². The number of cyclic esters (lactones) is 1. The predicted octanol–water partition coefficient (Wildman–Crippen LogP) is -4.19. The molecular weight excluding hydrogens is 245 g/mol. The van der Waals surface area contributed by atoms with E-state index in [0.29, 0.717) is 0 Å². The fraction of sp³-hybridized carbons (Fsp3) is 0.833. The second-order valence-corrected chi connectivity index (χ2v) is 4.38. The number of esters is 1. The molecule has 1 fully saturated rings. The van der Waals surface area contributed by atoms with E-state index < -0.39 is 44.8 Å². The van der Waals surface area contributed by atoms with Crippen molar-refractivity contribution in [3.8, 4) is 0 Å². The summed E-state index contributed by atoms with van der Waals surface area (Å²) in [7, 11) is -5.23. The number of carbonyl (C=O) groups excluding carboxylic acids is 1. The van der Waals surface area contributed by atoms with Crippen molar-refractivity contribution in [2.75, 3.05) is 6.61 Å². The van der Waals surface area contributed by atoms with Crippen LogP contribution in [0.5, 0.6) is 0 Å². The van der Waals surface area contributed by atoms with Gasteiger partial charge >= 0.3 is 5.97 Å². The van der Waals surface area contributed by atoms with E-state index in [2.05, 4.69) is 9.26 Å². The van der Waals surface area contributed by atoms with E-state index in [1.807, 2.05) is 0 Å². The molecule has 1 saturated heterocycles. The number of hydrogen-bond donors (Lipinski definition) is 3. The Labute approximate surface area is 90.0 Å². The molecular formula is C6H10NO8P-2. The van der Waals surface area contributed by atoms with Crippen LogP contribution in [0.15, 0.2) is 0 Å². The van der Waals surface area contributed by atoms with Crippen LogP contribution >= 0.6 is 7.82 Å². The van der Waals surface area contributed by atoms with Gasteiger partial charge in [-0.15, -0.1) is 0 Å². The predicted molar refractivity (Wildman–Crippen MR) is 43.4 cm³/mol. The van der Waals surface area contributed by atoms with Crippen molar-refractivity contribution >= 4 is 13.8 Å². The first-order chi connectivity index (χ1) is 7.22. The van der Waals surface area contributed by atoms with Crippen LogP contribution in [0.1, 0.15) is 0 Å². The molecule has 10 heteroatoms. The summed E-state index contributed by atoms with van der Waals surface area (Å²) in [6, 6.07) is -1.42. The Morgan fingerprint density at radius 1 is 1.44 bits per heavy atom. The van der Waals surface area contributed by atoms with Gasteiger partial charge in [-0.2, -0.15) is 0 Å². The number of phosphoric acid groups is 1. The van der Waals surface area contributed by atoms with E-state index in [4.69, 9.17) is 5.73 Å². The maximum atomic E-state index is 11.0. The van der Waals surface area contributed by atoms with Gasteiger partial charge in [0.15, 0.2) is 6.10 Å². The van der Waals surface area contributed by atoms with Crippen LogP contribution < -0.4 is 15.5 Å². The maximum Gasteiger partial charge on any atom is 0.326 e. The fourth-order valence-electron chi connectivity index (χ4n) is 1.17. The van der Waals surface area contributed by atoms with E-state index in [-0.39, 0.29) is 0 Å². The van der Waals surface area contributed by atoms with Crippen LogP contribution in [0.25, 0.3) is 0 Å². The molecule has 0 bridgehead atoms. The first-order valence-electron chi connectivity index (χ1n) is 4.21. The molecule has 1 aliphatic heterocycles. The average Bonchev–Trinajstić information content (AvgIpc) is 2.17. The number of aliphatic hydroxyl groups is 2. The molecule has 0 aliphatic carbocycles. The number of carbonyl (C=O) groups is 1. The van der Waals surface area contributed by atoms with Gasteiger partial charge < -0.3 is 39.6 Å². The highest BCUT2D eigenvalue weighted by Crippen LogP contribution is 2.26. The molecule has 0 amide bonds. The first kappa shape index (κ1) is 13.5. The van der Waals surface area contributed by atoms with Gasteiger partial charge in [0.2, 0.25) is 0 Å². The SMILES string of the molecule is N[C@H]1C(=O)O[C@H](COP(=O)([O-])[O-])[C@@H](O)[C@@H]1O. The zero-order valence-electron chi connectivity index (χ0n) is 7.88. The summed E-state index contributed by atoms with van der Waals surface area (Å²) in [5, 5.41) is 18.6. The molecule has 0 aromatic rings. The van der Waals surface area contributed by atoms with Crippen LogP contribution in [0.3, 0.4) is 0 Å². The molecule has 1 heterocycles. The summed E-state index contributed by atoms with van der Waals surface area (Å²) < 4.78 is 18.5.